The maximum absolute atomic E-state index is 14.0. The maximum atomic E-state index is 14.0. The van der Waals surface area contributed by atoms with Crippen molar-refractivity contribution < 1.29 is 27.5 Å². The van der Waals surface area contributed by atoms with Gasteiger partial charge < -0.3 is 19.7 Å². The van der Waals surface area contributed by atoms with Crippen LogP contribution in [0.25, 0.3) is 0 Å². The van der Waals surface area contributed by atoms with E-state index < -0.39 is 28.5 Å². The number of rotatable bonds is 12. The summed E-state index contributed by atoms with van der Waals surface area (Å²) in [7, 11) is -1.26. The van der Waals surface area contributed by atoms with Crippen molar-refractivity contribution in [3.05, 3.63) is 83.4 Å². The van der Waals surface area contributed by atoms with Crippen molar-refractivity contribution in [2.24, 2.45) is 0 Å². The van der Waals surface area contributed by atoms with Crippen LogP contribution in [0.1, 0.15) is 30.5 Å². The SMILES string of the molecule is CCNC(=O)C(C)N(Cc1ccc(C)cc1)C(=O)CN(c1ccc(OC)c(OC)c1)S(=O)(=O)c1ccc(C)cc1. The van der Waals surface area contributed by atoms with Crippen molar-refractivity contribution in [2.45, 2.75) is 45.2 Å². The van der Waals surface area contributed by atoms with Crippen molar-refractivity contribution in [2.75, 3.05) is 31.6 Å². The molecular weight excluding hydrogens is 530 g/mol. The first kappa shape index (κ1) is 30.5. The molecule has 0 saturated carbocycles. The summed E-state index contributed by atoms with van der Waals surface area (Å²) < 4.78 is 39.7. The van der Waals surface area contributed by atoms with Gasteiger partial charge in [0.2, 0.25) is 11.8 Å². The van der Waals surface area contributed by atoms with Crippen molar-refractivity contribution in [3.63, 3.8) is 0 Å². The van der Waals surface area contributed by atoms with Crippen LogP contribution in [0.2, 0.25) is 0 Å². The fraction of sp³-hybridized carbons (Fsp3) is 0.333. The summed E-state index contributed by atoms with van der Waals surface area (Å²) in [4.78, 5) is 28.2. The second-order valence-corrected chi connectivity index (χ2v) is 11.3. The molecule has 0 radical (unpaired) electrons. The summed E-state index contributed by atoms with van der Waals surface area (Å²) in [5, 5.41) is 2.75. The highest BCUT2D eigenvalue weighted by atomic mass is 32.2. The molecule has 10 heteroatoms. The Labute approximate surface area is 236 Å². The van der Waals surface area contributed by atoms with Crippen molar-refractivity contribution in [1.82, 2.24) is 10.2 Å². The average Bonchev–Trinajstić information content (AvgIpc) is 2.95. The summed E-state index contributed by atoms with van der Waals surface area (Å²) in [6, 6.07) is 17.8. The lowest BCUT2D eigenvalue weighted by Crippen LogP contribution is -2.51. The zero-order valence-electron chi connectivity index (χ0n) is 23.8. The molecule has 0 fully saturated rings. The molecule has 9 nitrogen and oxygen atoms in total. The van der Waals surface area contributed by atoms with E-state index in [0.717, 1.165) is 21.0 Å². The summed E-state index contributed by atoms with van der Waals surface area (Å²) in [6.45, 7) is 7.23. The van der Waals surface area contributed by atoms with Crippen molar-refractivity contribution >= 4 is 27.5 Å². The fourth-order valence-corrected chi connectivity index (χ4v) is 5.55. The number of ether oxygens (including phenoxy) is 2. The number of sulfonamides is 1. The highest BCUT2D eigenvalue weighted by Crippen LogP contribution is 2.34. The second-order valence-electron chi connectivity index (χ2n) is 9.44. The first-order chi connectivity index (χ1) is 19.0. The normalized spacial score (nSPS) is 11.8. The van der Waals surface area contributed by atoms with Crippen LogP contribution in [-0.2, 0) is 26.2 Å². The van der Waals surface area contributed by atoms with E-state index in [2.05, 4.69) is 5.32 Å². The highest BCUT2D eigenvalue weighted by molar-refractivity contribution is 7.92. The van der Waals surface area contributed by atoms with Crippen LogP contribution in [0.3, 0.4) is 0 Å². The van der Waals surface area contributed by atoms with Gasteiger partial charge >= 0.3 is 0 Å². The Morgan fingerprint density at radius 3 is 2.00 bits per heavy atom. The molecule has 2 amide bonds. The molecule has 3 aromatic rings. The van der Waals surface area contributed by atoms with Crippen LogP contribution in [-0.4, -0.2) is 58.5 Å². The topological polar surface area (TPSA) is 105 Å². The monoisotopic (exact) mass is 567 g/mol. The van der Waals surface area contributed by atoms with E-state index in [0.29, 0.717) is 18.0 Å². The van der Waals surface area contributed by atoms with Gasteiger partial charge in [0.1, 0.15) is 12.6 Å². The molecule has 0 aliphatic rings. The number of nitrogens with zero attached hydrogens (tertiary/aromatic N) is 2. The number of methoxy groups -OCH3 is 2. The lowest BCUT2D eigenvalue weighted by molar-refractivity contribution is -0.139. The Bertz CT molecular complexity index is 1420. The van der Waals surface area contributed by atoms with Gasteiger partial charge in [-0.2, -0.15) is 0 Å². The van der Waals surface area contributed by atoms with Gasteiger partial charge in [-0.25, -0.2) is 8.42 Å². The summed E-state index contributed by atoms with van der Waals surface area (Å²) in [5.74, 6) is -0.147. The van der Waals surface area contributed by atoms with Crippen LogP contribution >= 0.6 is 0 Å². The lowest BCUT2D eigenvalue weighted by atomic mass is 10.1. The van der Waals surface area contributed by atoms with Gasteiger partial charge in [0, 0.05) is 19.2 Å². The zero-order chi connectivity index (χ0) is 29.4. The van der Waals surface area contributed by atoms with Crippen molar-refractivity contribution in [1.29, 1.82) is 0 Å². The van der Waals surface area contributed by atoms with E-state index in [1.807, 2.05) is 38.1 Å². The van der Waals surface area contributed by atoms with Crippen LogP contribution in [0, 0.1) is 13.8 Å². The van der Waals surface area contributed by atoms with Crippen molar-refractivity contribution in [3.8, 4) is 11.5 Å². The minimum Gasteiger partial charge on any atom is -0.493 e. The first-order valence-electron chi connectivity index (χ1n) is 13.0. The second kappa shape index (κ2) is 13.3. The molecule has 3 aromatic carbocycles. The Morgan fingerprint density at radius 1 is 0.875 bits per heavy atom. The summed E-state index contributed by atoms with van der Waals surface area (Å²) >= 11 is 0. The van der Waals surface area contributed by atoms with E-state index in [1.165, 1.54) is 37.3 Å². The highest BCUT2D eigenvalue weighted by Gasteiger charge is 2.33. The molecule has 0 aromatic heterocycles. The largest absolute Gasteiger partial charge is 0.493 e. The number of hydrogen-bond acceptors (Lipinski definition) is 6. The Balaban J connectivity index is 2.08. The third-order valence-corrected chi connectivity index (χ3v) is 8.32. The predicted octanol–water partition coefficient (Wildman–Crippen LogP) is 4.07. The van der Waals surface area contributed by atoms with E-state index in [4.69, 9.17) is 9.47 Å². The number of carbonyl (C=O) groups excluding carboxylic acids is 2. The molecule has 0 heterocycles. The zero-order valence-corrected chi connectivity index (χ0v) is 24.6. The van der Waals surface area contributed by atoms with Gasteiger partial charge in [-0.15, -0.1) is 0 Å². The molecule has 0 spiro atoms. The average molecular weight is 568 g/mol. The molecule has 214 valence electrons. The third-order valence-electron chi connectivity index (χ3n) is 6.53. The molecule has 1 unspecified atom stereocenters. The number of benzene rings is 3. The quantitative estimate of drug-likeness (QED) is 0.354. The summed E-state index contributed by atoms with van der Waals surface area (Å²) in [6.07, 6.45) is 0. The number of amides is 2. The number of hydrogen-bond donors (Lipinski definition) is 1. The van der Waals surface area contributed by atoms with Gasteiger partial charge in [-0.3, -0.25) is 13.9 Å². The number of carbonyl (C=O) groups is 2. The number of aryl methyl sites for hydroxylation is 2. The lowest BCUT2D eigenvalue weighted by Gasteiger charge is -2.32. The number of anilines is 1. The van der Waals surface area contributed by atoms with E-state index >= 15 is 0 Å². The van der Waals surface area contributed by atoms with Crippen LogP contribution < -0.4 is 19.1 Å². The maximum Gasteiger partial charge on any atom is 0.264 e. The first-order valence-corrected chi connectivity index (χ1v) is 14.4. The van der Waals surface area contributed by atoms with Gasteiger partial charge in [0.25, 0.3) is 10.0 Å². The number of nitrogens with one attached hydrogen (secondary N) is 1. The van der Waals surface area contributed by atoms with Gasteiger partial charge in [-0.05, 0) is 57.5 Å². The van der Waals surface area contributed by atoms with Crippen LogP contribution in [0.15, 0.2) is 71.6 Å². The molecule has 0 aliphatic carbocycles. The molecule has 1 atom stereocenters. The Hall–Kier alpha value is -4.05. The summed E-state index contributed by atoms with van der Waals surface area (Å²) in [5.41, 5.74) is 2.98. The molecule has 3 rings (SSSR count). The number of likely N-dealkylation sites (N-methyl/N-ethyl adjacent to an activating group) is 1. The van der Waals surface area contributed by atoms with E-state index in [9.17, 15) is 18.0 Å². The molecule has 40 heavy (non-hydrogen) atoms. The predicted molar refractivity (Wildman–Crippen MR) is 155 cm³/mol. The molecular formula is C30H37N3O6S. The minimum absolute atomic E-state index is 0.0301. The van der Waals surface area contributed by atoms with Crippen LogP contribution in [0.5, 0.6) is 11.5 Å². The fourth-order valence-electron chi connectivity index (χ4n) is 4.14. The Morgan fingerprint density at radius 2 is 1.45 bits per heavy atom. The smallest absolute Gasteiger partial charge is 0.264 e. The standard InChI is InChI=1S/C30H37N3O6S/c1-7-31-30(35)23(4)32(19-24-12-8-21(2)9-13-24)29(34)20-33(25-14-17-27(38-5)28(18-25)39-6)40(36,37)26-15-10-22(3)11-16-26/h8-18,23H,7,19-20H2,1-6H3,(H,31,35). The van der Waals surface area contributed by atoms with Gasteiger partial charge in [0.05, 0.1) is 24.8 Å². The Kier molecular flexibility index (Phi) is 10.2. The third kappa shape index (κ3) is 7.12. The van der Waals surface area contributed by atoms with Gasteiger partial charge in [0.15, 0.2) is 11.5 Å². The van der Waals surface area contributed by atoms with E-state index in [-0.39, 0.29) is 23.0 Å². The minimum atomic E-state index is -4.19. The van der Waals surface area contributed by atoms with E-state index in [1.54, 1.807) is 38.1 Å². The molecule has 1 N–H and O–H groups in total. The van der Waals surface area contributed by atoms with Crippen LogP contribution in [0.4, 0.5) is 5.69 Å². The molecule has 0 bridgehead atoms. The molecule has 0 saturated heterocycles. The van der Waals surface area contributed by atoms with Gasteiger partial charge in [-0.1, -0.05) is 47.5 Å². The molecule has 0 aliphatic heterocycles.